The first-order chi connectivity index (χ1) is 13.8. The number of carboxylic acid groups (broad SMARTS) is 1. The summed E-state index contributed by atoms with van der Waals surface area (Å²) in [7, 11) is 1.72. The van der Waals surface area contributed by atoms with Crippen LogP contribution in [0.25, 0.3) is 11.6 Å². The number of aromatic carboxylic acids is 1. The Morgan fingerprint density at radius 2 is 2.10 bits per heavy atom. The predicted octanol–water partition coefficient (Wildman–Crippen LogP) is 5.05. The standard InChI is InChI=1S/C21H16BrN3O3S/c1-11-14(20(27)28)4-3-5-16(11)24-21-25(2)19(26)18(29-21)8-12-10-23-17-7-6-13(22)9-15(12)17/h3-10,26H,1-2H3,(H,27,28). The van der Waals surface area contributed by atoms with E-state index in [9.17, 15) is 15.0 Å². The third-order valence-corrected chi connectivity index (χ3v) is 6.24. The van der Waals surface area contributed by atoms with Gasteiger partial charge < -0.3 is 10.2 Å². The molecule has 1 aliphatic heterocycles. The van der Waals surface area contributed by atoms with E-state index in [0.717, 1.165) is 21.3 Å². The third kappa shape index (κ3) is 3.56. The molecule has 0 atom stereocenters. The molecule has 0 bridgehead atoms. The second-order valence-corrected chi connectivity index (χ2v) is 8.44. The third-order valence-electron chi connectivity index (χ3n) is 4.68. The van der Waals surface area contributed by atoms with E-state index in [4.69, 9.17) is 0 Å². The average Bonchev–Trinajstić information content (AvgIpc) is 3.19. The van der Waals surface area contributed by atoms with Crippen LogP contribution in [0.4, 0.5) is 11.4 Å². The first-order valence-corrected chi connectivity index (χ1v) is 10.3. The summed E-state index contributed by atoms with van der Waals surface area (Å²) in [5.74, 6) is -0.904. The van der Waals surface area contributed by atoms with Gasteiger partial charge in [0.1, 0.15) is 0 Å². The first-order valence-electron chi connectivity index (χ1n) is 8.67. The number of rotatable bonds is 3. The summed E-state index contributed by atoms with van der Waals surface area (Å²) >= 11 is 4.80. The number of thiazole rings is 1. The van der Waals surface area contributed by atoms with E-state index < -0.39 is 5.97 Å². The summed E-state index contributed by atoms with van der Waals surface area (Å²) in [5, 5.41) is 19.9. The number of allylic oxidation sites excluding steroid dienone is 1. The Morgan fingerprint density at radius 1 is 1.31 bits per heavy atom. The summed E-state index contributed by atoms with van der Waals surface area (Å²) in [5.41, 5.74) is 4.10. The lowest BCUT2D eigenvalue weighted by Gasteiger charge is -2.03. The number of fused-ring (bicyclic) bond motifs is 1. The van der Waals surface area contributed by atoms with Crippen LogP contribution in [0.1, 0.15) is 26.4 Å². The molecule has 6 nitrogen and oxygen atoms in total. The molecular formula is C21H16BrN3O3S. The van der Waals surface area contributed by atoms with E-state index in [1.807, 2.05) is 24.3 Å². The quantitative estimate of drug-likeness (QED) is 0.562. The largest absolute Gasteiger partial charge is 0.493 e. The highest BCUT2D eigenvalue weighted by Gasteiger charge is 2.16. The predicted molar refractivity (Wildman–Crippen MR) is 118 cm³/mol. The Bertz CT molecular complexity index is 1280. The van der Waals surface area contributed by atoms with Gasteiger partial charge >= 0.3 is 5.97 Å². The molecule has 0 saturated carbocycles. The molecule has 0 saturated heterocycles. The monoisotopic (exact) mass is 469 g/mol. The summed E-state index contributed by atoms with van der Waals surface area (Å²) in [6.45, 7) is 1.72. The van der Waals surface area contributed by atoms with Crippen molar-refractivity contribution in [2.75, 3.05) is 0 Å². The lowest BCUT2D eigenvalue weighted by Crippen LogP contribution is -2.09. The number of aromatic hydroxyl groups is 1. The lowest BCUT2D eigenvalue weighted by molar-refractivity contribution is 0.0696. The van der Waals surface area contributed by atoms with Gasteiger partial charge in [0.2, 0.25) is 5.88 Å². The van der Waals surface area contributed by atoms with Crippen LogP contribution < -0.4 is 4.80 Å². The highest BCUT2D eigenvalue weighted by Crippen LogP contribution is 2.36. The van der Waals surface area contributed by atoms with Crippen molar-refractivity contribution < 1.29 is 15.0 Å². The summed E-state index contributed by atoms with van der Waals surface area (Å²) in [6, 6.07) is 10.8. The number of halogens is 1. The number of benzene rings is 2. The Balaban J connectivity index is 1.80. The molecular weight excluding hydrogens is 454 g/mol. The minimum absolute atomic E-state index is 0.0881. The zero-order chi connectivity index (χ0) is 20.7. The summed E-state index contributed by atoms with van der Waals surface area (Å²) in [4.78, 5) is 21.6. The fourth-order valence-electron chi connectivity index (χ4n) is 3.06. The molecule has 2 heterocycles. The molecule has 2 N–H and O–H groups in total. The van der Waals surface area contributed by atoms with Crippen LogP contribution in [0.5, 0.6) is 5.88 Å². The normalized spacial score (nSPS) is 14.6. The van der Waals surface area contributed by atoms with Gasteiger partial charge in [-0.25, -0.2) is 9.79 Å². The second kappa shape index (κ2) is 7.46. The van der Waals surface area contributed by atoms with Crippen LogP contribution in [0.15, 0.2) is 50.9 Å². The van der Waals surface area contributed by atoms with Gasteiger partial charge in [0.25, 0.3) is 0 Å². The molecule has 0 fully saturated rings. The van der Waals surface area contributed by atoms with Gasteiger partial charge in [0.15, 0.2) is 4.80 Å². The lowest BCUT2D eigenvalue weighted by atomic mass is 10.1. The average molecular weight is 470 g/mol. The molecule has 3 aromatic rings. The number of aromatic nitrogens is 1. The van der Waals surface area contributed by atoms with Gasteiger partial charge in [-0.15, -0.1) is 0 Å². The molecule has 29 heavy (non-hydrogen) atoms. The number of aliphatic imine (C=N–C) groups is 1. The van der Waals surface area contributed by atoms with Gasteiger partial charge in [-0.2, -0.15) is 0 Å². The summed E-state index contributed by atoms with van der Waals surface area (Å²) in [6.07, 6.45) is 3.65. The first kappa shape index (κ1) is 19.4. The van der Waals surface area contributed by atoms with Crippen molar-refractivity contribution in [3.63, 3.8) is 0 Å². The van der Waals surface area contributed by atoms with Gasteiger partial charge in [-0.3, -0.25) is 9.56 Å². The molecule has 4 rings (SSSR count). The van der Waals surface area contributed by atoms with E-state index in [2.05, 4.69) is 25.9 Å². The van der Waals surface area contributed by atoms with Crippen molar-refractivity contribution in [1.29, 1.82) is 0 Å². The Kier molecular flexibility index (Phi) is 4.97. The van der Waals surface area contributed by atoms with Gasteiger partial charge in [0.05, 0.1) is 21.8 Å². The summed E-state index contributed by atoms with van der Waals surface area (Å²) < 4.78 is 2.54. The number of hydrogen-bond acceptors (Lipinski definition) is 5. The SMILES string of the molecule is Cc1c(N=c2sc(C=C3C=Nc4ccc(Br)cc43)c(O)n2C)cccc1C(=O)O. The van der Waals surface area contributed by atoms with Gasteiger partial charge in [0, 0.05) is 28.9 Å². The van der Waals surface area contributed by atoms with Crippen LogP contribution in [0.3, 0.4) is 0 Å². The zero-order valence-corrected chi connectivity index (χ0v) is 18.0. The Morgan fingerprint density at radius 3 is 2.86 bits per heavy atom. The smallest absolute Gasteiger partial charge is 0.336 e. The Hall–Kier alpha value is -2.97. The van der Waals surface area contributed by atoms with E-state index in [1.165, 1.54) is 11.3 Å². The fraction of sp³-hybridized carbons (Fsp3) is 0.0952. The van der Waals surface area contributed by atoms with Crippen molar-refractivity contribution >= 4 is 62.5 Å². The molecule has 0 radical (unpaired) electrons. The van der Waals surface area contributed by atoms with Gasteiger partial charge in [-0.05, 0) is 48.9 Å². The molecule has 0 spiro atoms. The molecule has 1 aliphatic rings. The van der Waals surface area contributed by atoms with Crippen molar-refractivity contribution in [1.82, 2.24) is 4.57 Å². The molecule has 1 aromatic heterocycles. The molecule has 0 amide bonds. The molecule has 0 unspecified atom stereocenters. The highest BCUT2D eigenvalue weighted by molar-refractivity contribution is 9.10. The number of nitrogens with zero attached hydrogens (tertiary/aromatic N) is 3. The van der Waals surface area contributed by atoms with Crippen LogP contribution in [-0.2, 0) is 7.05 Å². The van der Waals surface area contributed by atoms with Crippen LogP contribution >= 0.6 is 27.3 Å². The minimum atomic E-state index is -0.992. The maximum Gasteiger partial charge on any atom is 0.336 e. The molecule has 146 valence electrons. The topological polar surface area (TPSA) is 87.2 Å². The number of hydrogen-bond donors (Lipinski definition) is 2. The highest BCUT2D eigenvalue weighted by atomic mass is 79.9. The van der Waals surface area contributed by atoms with E-state index in [0.29, 0.717) is 20.9 Å². The molecule has 8 heteroatoms. The maximum absolute atomic E-state index is 11.4. The fourth-order valence-corrected chi connectivity index (χ4v) is 4.40. The van der Waals surface area contributed by atoms with Crippen LogP contribution in [-0.4, -0.2) is 27.0 Å². The van der Waals surface area contributed by atoms with Crippen molar-refractivity contribution in [2.45, 2.75) is 6.92 Å². The zero-order valence-electron chi connectivity index (χ0n) is 15.5. The van der Waals surface area contributed by atoms with Crippen molar-refractivity contribution in [2.24, 2.45) is 17.0 Å². The van der Waals surface area contributed by atoms with Crippen molar-refractivity contribution in [3.05, 3.63) is 67.2 Å². The molecule has 2 aromatic carbocycles. The number of carbonyl (C=O) groups is 1. The van der Waals surface area contributed by atoms with Crippen LogP contribution in [0.2, 0.25) is 0 Å². The second-order valence-electron chi connectivity index (χ2n) is 6.52. The van der Waals surface area contributed by atoms with E-state index in [-0.39, 0.29) is 11.4 Å². The Labute approximate surface area is 179 Å². The van der Waals surface area contributed by atoms with E-state index >= 15 is 0 Å². The number of carboxylic acids is 1. The van der Waals surface area contributed by atoms with Crippen LogP contribution in [0, 0.1) is 6.92 Å². The molecule has 0 aliphatic carbocycles. The minimum Gasteiger partial charge on any atom is -0.493 e. The van der Waals surface area contributed by atoms with E-state index in [1.54, 1.807) is 43.0 Å². The maximum atomic E-state index is 11.4. The van der Waals surface area contributed by atoms with Gasteiger partial charge in [-0.1, -0.05) is 33.3 Å². The van der Waals surface area contributed by atoms with Crippen molar-refractivity contribution in [3.8, 4) is 5.88 Å².